The zero-order chi connectivity index (χ0) is 26.7. The van der Waals surface area contributed by atoms with Gasteiger partial charge in [0.05, 0.1) is 13.9 Å². The number of rotatable bonds is 7. The third kappa shape index (κ3) is 6.88. The normalized spacial score (nSPS) is 14.4. The van der Waals surface area contributed by atoms with E-state index in [2.05, 4.69) is 37.2 Å². The molecule has 4 rings (SSSR count). The lowest BCUT2D eigenvalue weighted by molar-refractivity contribution is -0.127. The van der Waals surface area contributed by atoms with Crippen molar-refractivity contribution in [3.8, 4) is 5.75 Å². The number of nitrogens with one attached hydrogen (secondary N) is 1. The lowest BCUT2D eigenvalue weighted by Crippen LogP contribution is -2.36. The lowest BCUT2D eigenvalue weighted by atomic mass is 10.1. The van der Waals surface area contributed by atoms with E-state index in [1.165, 1.54) is 12.1 Å². The molecule has 0 atom stereocenters. The molecule has 0 bridgehead atoms. The maximum absolute atomic E-state index is 13.1. The Kier molecular flexibility index (Phi) is 8.51. The molecule has 10 heteroatoms. The van der Waals surface area contributed by atoms with Crippen molar-refractivity contribution in [3.05, 3.63) is 96.5 Å². The number of thioether (sulfide) groups is 1. The molecule has 190 valence electrons. The molecule has 3 amide bonds. The van der Waals surface area contributed by atoms with Gasteiger partial charge in [0, 0.05) is 5.69 Å². The molecule has 0 aliphatic carbocycles. The van der Waals surface area contributed by atoms with E-state index in [0.29, 0.717) is 25.9 Å². The summed E-state index contributed by atoms with van der Waals surface area (Å²) in [7, 11) is 0. The van der Waals surface area contributed by atoms with Crippen LogP contribution in [0.25, 0.3) is 6.08 Å². The van der Waals surface area contributed by atoms with Crippen LogP contribution in [0.4, 0.5) is 14.9 Å². The van der Waals surface area contributed by atoms with E-state index < -0.39 is 17.1 Å². The van der Waals surface area contributed by atoms with Crippen molar-refractivity contribution in [3.63, 3.8) is 0 Å². The Morgan fingerprint density at radius 1 is 1.03 bits per heavy atom. The van der Waals surface area contributed by atoms with Crippen molar-refractivity contribution in [1.82, 2.24) is 4.90 Å². The van der Waals surface area contributed by atoms with Crippen molar-refractivity contribution in [2.24, 2.45) is 0 Å². The van der Waals surface area contributed by atoms with E-state index in [9.17, 15) is 18.8 Å². The zero-order valence-corrected chi connectivity index (χ0v) is 23.8. The highest BCUT2D eigenvalue weighted by Gasteiger charge is 2.36. The van der Waals surface area contributed by atoms with Crippen LogP contribution >= 0.6 is 43.6 Å². The Hall–Kier alpha value is -2.95. The topological polar surface area (TPSA) is 75.7 Å². The van der Waals surface area contributed by atoms with Gasteiger partial charge in [-0.3, -0.25) is 19.3 Å². The number of benzene rings is 3. The van der Waals surface area contributed by atoms with Gasteiger partial charge in [-0.2, -0.15) is 0 Å². The first-order valence-corrected chi connectivity index (χ1v) is 13.5. The van der Waals surface area contributed by atoms with Crippen LogP contribution in [0.15, 0.2) is 68.4 Å². The van der Waals surface area contributed by atoms with Crippen LogP contribution in [0.2, 0.25) is 0 Å². The minimum Gasteiger partial charge on any atom is -0.487 e. The Morgan fingerprint density at radius 2 is 1.65 bits per heavy atom. The quantitative estimate of drug-likeness (QED) is 0.274. The first-order valence-electron chi connectivity index (χ1n) is 11.1. The predicted octanol–water partition coefficient (Wildman–Crippen LogP) is 7.22. The number of amides is 3. The summed E-state index contributed by atoms with van der Waals surface area (Å²) in [5.74, 6) is -0.768. The van der Waals surface area contributed by atoms with Gasteiger partial charge in [-0.15, -0.1) is 0 Å². The highest BCUT2D eigenvalue weighted by Crippen LogP contribution is 2.38. The molecule has 37 heavy (non-hydrogen) atoms. The average molecular weight is 648 g/mol. The van der Waals surface area contributed by atoms with E-state index in [4.69, 9.17) is 4.74 Å². The summed E-state index contributed by atoms with van der Waals surface area (Å²) in [6, 6.07) is 15.2. The largest absolute Gasteiger partial charge is 0.487 e. The Bertz CT molecular complexity index is 1380. The van der Waals surface area contributed by atoms with Crippen molar-refractivity contribution in [2.45, 2.75) is 20.5 Å². The Labute approximate surface area is 234 Å². The standard InChI is InChI=1S/C27H21Br2FN2O4S/c1-15-7-16(2)9-20(8-15)31-24(33)13-32-26(34)23(37-27(32)35)12-18-10-21(28)25(22(29)11-18)36-14-17-3-5-19(30)6-4-17/h3-12H,13-14H2,1-2H3,(H,31,33)/b23-12+. The van der Waals surface area contributed by atoms with Gasteiger partial charge in [-0.05, 0) is 122 Å². The molecule has 0 aromatic heterocycles. The lowest BCUT2D eigenvalue weighted by Gasteiger charge is -2.13. The van der Waals surface area contributed by atoms with Crippen LogP contribution in [0.1, 0.15) is 22.3 Å². The van der Waals surface area contributed by atoms with Gasteiger partial charge in [0.2, 0.25) is 5.91 Å². The second kappa shape index (κ2) is 11.6. The van der Waals surface area contributed by atoms with Gasteiger partial charge in [0.25, 0.3) is 11.1 Å². The molecule has 1 saturated heterocycles. The maximum atomic E-state index is 13.1. The van der Waals surface area contributed by atoms with E-state index >= 15 is 0 Å². The molecule has 3 aromatic carbocycles. The van der Waals surface area contributed by atoms with E-state index in [1.807, 2.05) is 32.0 Å². The van der Waals surface area contributed by atoms with Crippen molar-refractivity contribution < 1.29 is 23.5 Å². The summed E-state index contributed by atoms with van der Waals surface area (Å²) in [6.45, 7) is 3.70. The molecule has 0 unspecified atom stereocenters. The van der Waals surface area contributed by atoms with Crippen LogP contribution in [0.3, 0.4) is 0 Å². The van der Waals surface area contributed by atoms with Crippen LogP contribution in [-0.4, -0.2) is 28.5 Å². The third-order valence-electron chi connectivity index (χ3n) is 5.30. The SMILES string of the molecule is Cc1cc(C)cc(NC(=O)CN2C(=O)S/C(=C/c3cc(Br)c(OCc4ccc(F)cc4)c(Br)c3)C2=O)c1. The van der Waals surface area contributed by atoms with Crippen molar-refractivity contribution >= 4 is 72.4 Å². The van der Waals surface area contributed by atoms with Gasteiger partial charge < -0.3 is 10.1 Å². The molecule has 1 fully saturated rings. The Morgan fingerprint density at radius 3 is 2.27 bits per heavy atom. The summed E-state index contributed by atoms with van der Waals surface area (Å²) in [5.41, 5.74) is 4.06. The van der Waals surface area contributed by atoms with Gasteiger partial charge >= 0.3 is 0 Å². The minimum absolute atomic E-state index is 0.211. The molecule has 0 radical (unpaired) electrons. The van der Waals surface area contributed by atoms with E-state index in [0.717, 1.165) is 33.4 Å². The molecular weight excluding hydrogens is 627 g/mol. The zero-order valence-electron chi connectivity index (χ0n) is 19.8. The third-order valence-corrected chi connectivity index (χ3v) is 7.38. The number of carbonyl (C=O) groups is 3. The molecule has 6 nitrogen and oxygen atoms in total. The average Bonchev–Trinajstić information content (AvgIpc) is 3.06. The Balaban J connectivity index is 1.43. The molecule has 1 heterocycles. The molecular formula is C27H21Br2FN2O4S. The number of hydrogen-bond acceptors (Lipinski definition) is 5. The summed E-state index contributed by atoms with van der Waals surface area (Å²) in [4.78, 5) is 39.1. The summed E-state index contributed by atoms with van der Waals surface area (Å²) < 4.78 is 20.2. The van der Waals surface area contributed by atoms with E-state index in [1.54, 1.807) is 30.3 Å². The molecule has 3 aromatic rings. The first-order chi connectivity index (χ1) is 17.6. The second-order valence-corrected chi connectivity index (χ2v) is 11.1. The summed E-state index contributed by atoms with van der Waals surface area (Å²) in [6.07, 6.45) is 1.59. The molecule has 1 aliphatic rings. The molecule has 0 spiro atoms. The monoisotopic (exact) mass is 646 g/mol. The van der Waals surface area contributed by atoms with Gasteiger partial charge in [-0.1, -0.05) is 18.2 Å². The van der Waals surface area contributed by atoms with Crippen LogP contribution in [0.5, 0.6) is 5.75 Å². The predicted molar refractivity (Wildman–Crippen MR) is 150 cm³/mol. The summed E-state index contributed by atoms with van der Waals surface area (Å²) >= 11 is 7.74. The number of aryl methyl sites for hydroxylation is 2. The van der Waals surface area contributed by atoms with Gasteiger partial charge in [0.15, 0.2) is 0 Å². The number of imide groups is 1. The van der Waals surface area contributed by atoms with Crippen molar-refractivity contribution in [2.75, 3.05) is 11.9 Å². The molecule has 1 N–H and O–H groups in total. The van der Waals surface area contributed by atoms with Crippen molar-refractivity contribution in [1.29, 1.82) is 0 Å². The maximum Gasteiger partial charge on any atom is 0.294 e. The van der Waals surface area contributed by atoms with Crippen LogP contribution in [-0.2, 0) is 16.2 Å². The first kappa shape index (κ1) is 27.1. The fraction of sp³-hybridized carbons (Fsp3) is 0.148. The second-order valence-electron chi connectivity index (χ2n) is 8.42. The van der Waals surface area contributed by atoms with Gasteiger partial charge in [-0.25, -0.2) is 4.39 Å². The van der Waals surface area contributed by atoms with E-state index in [-0.39, 0.29) is 23.9 Å². The summed E-state index contributed by atoms with van der Waals surface area (Å²) in [5, 5.41) is 2.24. The highest BCUT2D eigenvalue weighted by molar-refractivity contribution is 9.11. The fourth-order valence-corrected chi connectivity index (χ4v) is 6.00. The molecule has 1 aliphatic heterocycles. The minimum atomic E-state index is -0.533. The molecule has 0 saturated carbocycles. The highest BCUT2D eigenvalue weighted by atomic mass is 79.9. The van der Waals surface area contributed by atoms with Crippen LogP contribution < -0.4 is 10.1 Å². The number of anilines is 1. The van der Waals surface area contributed by atoms with Gasteiger partial charge in [0.1, 0.15) is 24.7 Å². The number of ether oxygens (including phenoxy) is 1. The number of nitrogens with zero attached hydrogens (tertiary/aromatic N) is 1. The number of carbonyl (C=O) groups excluding carboxylic acids is 3. The van der Waals surface area contributed by atoms with Crippen LogP contribution in [0, 0.1) is 19.7 Å². The smallest absolute Gasteiger partial charge is 0.294 e. The number of halogens is 3. The number of hydrogen-bond donors (Lipinski definition) is 1. The fourth-order valence-electron chi connectivity index (χ4n) is 3.72.